The van der Waals surface area contributed by atoms with Gasteiger partial charge in [-0.05, 0) is 31.5 Å². The molecule has 104 valence electrons. The van der Waals surface area contributed by atoms with Crippen LogP contribution < -0.4 is 10.5 Å². The number of benzene rings is 1. The molecular weight excluding hydrogens is 262 g/mol. The summed E-state index contributed by atoms with van der Waals surface area (Å²) in [5, 5.41) is 0. The standard InChI is InChI=1S/C14H19N3O.ClH/c1-11-16-7-8-17(11)10-13-9-12(5-6-15)3-4-14(13)18-2;/h3-4,7-9H,5-6,10,15H2,1-2H3;1H. The molecule has 2 aromatic rings. The van der Waals surface area contributed by atoms with Gasteiger partial charge in [0.15, 0.2) is 0 Å². The van der Waals surface area contributed by atoms with Crippen LogP contribution in [0.4, 0.5) is 0 Å². The molecule has 0 amide bonds. The van der Waals surface area contributed by atoms with Gasteiger partial charge in [-0.25, -0.2) is 4.98 Å². The number of imidazole rings is 1. The van der Waals surface area contributed by atoms with E-state index in [0.717, 1.165) is 30.1 Å². The van der Waals surface area contributed by atoms with E-state index in [9.17, 15) is 0 Å². The lowest BCUT2D eigenvalue weighted by Crippen LogP contribution is -2.06. The summed E-state index contributed by atoms with van der Waals surface area (Å²) in [6, 6.07) is 6.23. The smallest absolute Gasteiger partial charge is 0.123 e. The molecule has 0 spiro atoms. The van der Waals surface area contributed by atoms with Crippen molar-refractivity contribution in [3.8, 4) is 5.75 Å². The van der Waals surface area contributed by atoms with Gasteiger partial charge in [0, 0.05) is 18.0 Å². The monoisotopic (exact) mass is 281 g/mol. The van der Waals surface area contributed by atoms with Crippen molar-refractivity contribution < 1.29 is 4.74 Å². The summed E-state index contributed by atoms with van der Waals surface area (Å²) in [5.74, 6) is 1.91. The number of ether oxygens (including phenoxy) is 1. The van der Waals surface area contributed by atoms with Crippen molar-refractivity contribution in [3.05, 3.63) is 47.5 Å². The number of nitrogens with two attached hydrogens (primary N) is 1. The van der Waals surface area contributed by atoms with Crippen molar-refractivity contribution in [2.75, 3.05) is 13.7 Å². The van der Waals surface area contributed by atoms with E-state index in [1.807, 2.05) is 25.4 Å². The predicted octanol–water partition coefficient (Wildman–Crippen LogP) is 2.17. The second-order valence-corrected chi connectivity index (χ2v) is 4.29. The molecule has 2 rings (SSSR count). The van der Waals surface area contributed by atoms with Crippen LogP contribution in [0.3, 0.4) is 0 Å². The van der Waals surface area contributed by atoms with Gasteiger partial charge in [-0.3, -0.25) is 0 Å². The van der Waals surface area contributed by atoms with Crippen molar-refractivity contribution in [1.82, 2.24) is 9.55 Å². The lowest BCUT2D eigenvalue weighted by molar-refractivity contribution is 0.408. The number of hydrogen-bond acceptors (Lipinski definition) is 3. The lowest BCUT2D eigenvalue weighted by atomic mass is 10.1. The number of aryl methyl sites for hydroxylation is 1. The summed E-state index contributed by atoms with van der Waals surface area (Å²) < 4.78 is 7.50. The van der Waals surface area contributed by atoms with Crippen LogP contribution in [0, 0.1) is 6.92 Å². The Hall–Kier alpha value is -1.52. The molecule has 0 saturated carbocycles. The first kappa shape index (κ1) is 15.5. The third-order valence-electron chi connectivity index (χ3n) is 3.04. The molecule has 2 N–H and O–H groups in total. The van der Waals surface area contributed by atoms with Gasteiger partial charge >= 0.3 is 0 Å². The number of hydrogen-bond donors (Lipinski definition) is 1. The molecule has 0 aliphatic carbocycles. The minimum Gasteiger partial charge on any atom is -0.496 e. The van der Waals surface area contributed by atoms with Crippen LogP contribution in [0.2, 0.25) is 0 Å². The minimum absolute atomic E-state index is 0. The summed E-state index contributed by atoms with van der Waals surface area (Å²) in [5.41, 5.74) is 7.99. The fourth-order valence-electron chi connectivity index (χ4n) is 2.03. The van der Waals surface area contributed by atoms with Gasteiger partial charge in [-0.2, -0.15) is 0 Å². The maximum absolute atomic E-state index is 5.59. The zero-order chi connectivity index (χ0) is 13.0. The summed E-state index contributed by atoms with van der Waals surface area (Å²) in [7, 11) is 1.70. The normalized spacial score (nSPS) is 10.1. The number of aromatic nitrogens is 2. The van der Waals surface area contributed by atoms with Gasteiger partial charge in [-0.1, -0.05) is 12.1 Å². The van der Waals surface area contributed by atoms with Gasteiger partial charge in [0.05, 0.1) is 13.7 Å². The molecule has 1 aromatic carbocycles. The highest BCUT2D eigenvalue weighted by atomic mass is 35.5. The predicted molar refractivity (Wildman–Crippen MR) is 79.1 cm³/mol. The first-order chi connectivity index (χ1) is 8.74. The summed E-state index contributed by atoms with van der Waals surface area (Å²) in [4.78, 5) is 4.23. The fraction of sp³-hybridized carbons (Fsp3) is 0.357. The van der Waals surface area contributed by atoms with E-state index in [4.69, 9.17) is 10.5 Å². The summed E-state index contributed by atoms with van der Waals surface area (Å²) in [6.07, 6.45) is 4.68. The summed E-state index contributed by atoms with van der Waals surface area (Å²) in [6.45, 7) is 3.43. The molecule has 1 aromatic heterocycles. The lowest BCUT2D eigenvalue weighted by Gasteiger charge is -2.12. The minimum atomic E-state index is 0. The zero-order valence-electron chi connectivity index (χ0n) is 11.3. The van der Waals surface area contributed by atoms with E-state index >= 15 is 0 Å². The third-order valence-corrected chi connectivity index (χ3v) is 3.04. The van der Waals surface area contributed by atoms with Crippen molar-refractivity contribution in [3.63, 3.8) is 0 Å². The Kier molecular flexibility index (Phi) is 5.86. The Morgan fingerprint density at radius 3 is 2.74 bits per heavy atom. The van der Waals surface area contributed by atoms with Gasteiger partial charge < -0.3 is 15.0 Å². The Morgan fingerprint density at radius 2 is 2.16 bits per heavy atom. The molecule has 1 heterocycles. The van der Waals surface area contributed by atoms with Crippen LogP contribution in [0.25, 0.3) is 0 Å². The van der Waals surface area contributed by atoms with Crippen molar-refractivity contribution in [2.45, 2.75) is 19.9 Å². The average Bonchev–Trinajstić information content (AvgIpc) is 2.76. The number of rotatable bonds is 5. The van der Waals surface area contributed by atoms with Crippen molar-refractivity contribution >= 4 is 12.4 Å². The highest BCUT2D eigenvalue weighted by Crippen LogP contribution is 2.21. The largest absolute Gasteiger partial charge is 0.496 e. The van der Waals surface area contributed by atoms with Gasteiger partial charge in [0.1, 0.15) is 11.6 Å². The van der Waals surface area contributed by atoms with E-state index in [2.05, 4.69) is 21.7 Å². The molecule has 0 aliphatic rings. The van der Waals surface area contributed by atoms with E-state index in [-0.39, 0.29) is 12.4 Å². The van der Waals surface area contributed by atoms with Crippen LogP contribution >= 0.6 is 12.4 Å². The molecule has 0 unspecified atom stereocenters. The van der Waals surface area contributed by atoms with Crippen molar-refractivity contribution in [1.29, 1.82) is 0 Å². The van der Waals surface area contributed by atoms with E-state index in [0.29, 0.717) is 6.54 Å². The topological polar surface area (TPSA) is 53.1 Å². The Morgan fingerprint density at radius 1 is 1.37 bits per heavy atom. The SMILES string of the molecule is COc1ccc(CCN)cc1Cn1ccnc1C.Cl. The van der Waals surface area contributed by atoms with Gasteiger partial charge in [0.25, 0.3) is 0 Å². The molecular formula is C14H20ClN3O. The Balaban J connectivity index is 0.00000180. The molecule has 4 nitrogen and oxygen atoms in total. The molecule has 0 bridgehead atoms. The fourth-order valence-corrected chi connectivity index (χ4v) is 2.03. The maximum Gasteiger partial charge on any atom is 0.123 e. The van der Waals surface area contributed by atoms with Crippen LogP contribution in [0.5, 0.6) is 5.75 Å². The van der Waals surface area contributed by atoms with E-state index < -0.39 is 0 Å². The van der Waals surface area contributed by atoms with Crippen LogP contribution in [0.1, 0.15) is 17.0 Å². The second kappa shape index (κ2) is 7.16. The van der Waals surface area contributed by atoms with Crippen LogP contribution in [0.15, 0.2) is 30.6 Å². The molecule has 0 fully saturated rings. The molecule has 5 heteroatoms. The molecule has 0 radical (unpaired) electrons. The van der Waals surface area contributed by atoms with E-state index in [1.54, 1.807) is 7.11 Å². The van der Waals surface area contributed by atoms with Crippen molar-refractivity contribution in [2.24, 2.45) is 5.73 Å². The number of halogens is 1. The molecule has 19 heavy (non-hydrogen) atoms. The Bertz CT molecular complexity index is 525. The van der Waals surface area contributed by atoms with Gasteiger partial charge in [0.2, 0.25) is 0 Å². The highest BCUT2D eigenvalue weighted by Gasteiger charge is 2.06. The quantitative estimate of drug-likeness (QED) is 0.914. The molecule has 0 aliphatic heterocycles. The summed E-state index contributed by atoms with van der Waals surface area (Å²) >= 11 is 0. The van der Waals surface area contributed by atoms with Crippen LogP contribution in [-0.2, 0) is 13.0 Å². The first-order valence-electron chi connectivity index (χ1n) is 6.08. The average molecular weight is 282 g/mol. The maximum atomic E-state index is 5.59. The first-order valence-corrected chi connectivity index (χ1v) is 6.08. The third kappa shape index (κ3) is 3.72. The molecule has 0 atom stereocenters. The highest BCUT2D eigenvalue weighted by molar-refractivity contribution is 5.85. The number of nitrogens with zero attached hydrogens (tertiary/aromatic N) is 2. The van der Waals surface area contributed by atoms with Crippen LogP contribution in [-0.4, -0.2) is 23.2 Å². The molecule has 0 saturated heterocycles. The second-order valence-electron chi connectivity index (χ2n) is 4.29. The Labute approximate surface area is 120 Å². The number of methoxy groups -OCH3 is 1. The van der Waals surface area contributed by atoms with E-state index in [1.165, 1.54) is 5.56 Å². The van der Waals surface area contributed by atoms with Gasteiger partial charge in [-0.15, -0.1) is 12.4 Å². The zero-order valence-corrected chi connectivity index (χ0v) is 12.1.